The minimum atomic E-state index is -0.902. The zero-order valence-electron chi connectivity index (χ0n) is 10.8. The number of nitrogens with zero attached hydrogens (tertiary/aromatic N) is 1. The standard InChI is InChI=1S/C12H18N2O4/c1-7(2)4-9(12(16)17)5-13-11(15)10-8(3)18-6-14-10/h6-7,9H,4-5H2,1-3H3,(H,13,15)(H,16,17)/t9-/m1/s1. The summed E-state index contributed by atoms with van der Waals surface area (Å²) in [6.07, 6.45) is 1.71. The molecule has 18 heavy (non-hydrogen) atoms. The van der Waals surface area contributed by atoms with E-state index in [9.17, 15) is 9.59 Å². The van der Waals surface area contributed by atoms with Crippen molar-refractivity contribution in [3.05, 3.63) is 17.8 Å². The third-order valence-electron chi connectivity index (χ3n) is 2.57. The van der Waals surface area contributed by atoms with Gasteiger partial charge in [-0.25, -0.2) is 4.98 Å². The quantitative estimate of drug-likeness (QED) is 0.801. The highest BCUT2D eigenvalue weighted by Crippen LogP contribution is 2.11. The molecule has 0 aliphatic carbocycles. The first-order valence-electron chi connectivity index (χ1n) is 5.83. The van der Waals surface area contributed by atoms with Crippen molar-refractivity contribution in [2.45, 2.75) is 27.2 Å². The van der Waals surface area contributed by atoms with Gasteiger partial charge in [-0.2, -0.15) is 0 Å². The van der Waals surface area contributed by atoms with Crippen LogP contribution >= 0.6 is 0 Å². The summed E-state index contributed by atoms with van der Waals surface area (Å²) < 4.78 is 4.92. The molecule has 2 N–H and O–H groups in total. The Hall–Kier alpha value is -1.85. The van der Waals surface area contributed by atoms with Gasteiger partial charge >= 0.3 is 5.97 Å². The Balaban J connectivity index is 2.55. The van der Waals surface area contributed by atoms with Crippen LogP contribution in [0.25, 0.3) is 0 Å². The van der Waals surface area contributed by atoms with Crippen molar-refractivity contribution in [3.8, 4) is 0 Å². The molecule has 0 aliphatic rings. The number of amides is 1. The number of carbonyl (C=O) groups excluding carboxylic acids is 1. The van der Waals surface area contributed by atoms with Crippen molar-refractivity contribution in [2.75, 3.05) is 6.54 Å². The molecule has 0 aliphatic heterocycles. The lowest BCUT2D eigenvalue weighted by molar-refractivity contribution is -0.142. The molecule has 6 nitrogen and oxygen atoms in total. The van der Waals surface area contributed by atoms with Crippen LogP contribution in [-0.2, 0) is 4.79 Å². The number of carboxylic acids is 1. The largest absolute Gasteiger partial charge is 0.481 e. The van der Waals surface area contributed by atoms with Gasteiger partial charge in [-0.3, -0.25) is 9.59 Å². The molecule has 0 radical (unpaired) electrons. The summed E-state index contributed by atoms with van der Waals surface area (Å²) in [7, 11) is 0. The number of aryl methyl sites for hydroxylation is 1. The Bertz CT molecular complexity index is 425. The molecular weight excluding hydrogens is 236 g/mol. The van der Waals surface area contributed by atoms with Crippen LogP contribution in [0.4, 0.5) is 0 Å². The van der Waals surface area contributed by atoms with Gasteiger partial charge < -0.3 is 14.8 Å². The summed E-state index contributed by atoms with van der Waals surface area (Å²) in [6, 6.07) is 0. The monoisotopic (exact) mass is 254 g/mol. The third-order valence-corrected chi connectivity index (χ3v) is 2.57. The van der Waals surface area contributed by atoms with E-state index in [0.29, 0.717) is 12.2 Å². The number of carboxylic acid groups (broad SMARTS) is 1. The fourth-order valence-electron chi connectivity index (χ4n) is 1.66. The normalized spacial score (nSPS) is 12.4. The van der Waals surface area contributed by atoms with Crippen LogP contribution in [0.3, 0.4) is 0 Å². The second-order valence-electron chi connectivity index (χ2n) is 4.63. The minimum Gasteiger partial charge on any atom is -0.481 e. The van der Waals surface area contributed by atoms with Crippen LogP contribution in [-0.4, -0.2) is 28.5 Å². The van der Waals surface area contributed by atoms with Crippen LogP contribution in [0.1, 0.15) is 36.5 Å². The van der Waals surface area contributed by atoms with Gasteiger partial charge in [-0.05, 0) is 19.3 Å². The van der Waals surface area contributed by atoms with E-state index in [1.807, 2.05) is 13.8 Å². The summed E-state index contributed by atoms with van der Waals surface area (Å²) in [5, 5.41) is 11.6. The van der Waals surface area contributed by atoms with E-state index in [2.05, 4.69) is 10.3 Å². The Morgan fingerprint density at radius 1 is 1.50 bits per heavy atom. The summed E-state index contributed by atoms with van der Waals surface area (Å²) in [4.78, 5) is 26.5. The van der Waals surface area contributed by atoms with E-state index in [-0.39, 0.29) is 18.2 Å². The lowest BCUT2D eigenvalue weighted by atomic mass is 9.97. The van der Waals surface area contributed by atoms with E-state index in [0.717, 1.165) is 0 Å². The van der Waals surface area contributed by atoms with Crippen LogP contribution in [0.2, 0.25) is 0 Å². The molecule has 1 aromatic rings. The molecule has 1 aromatic heterocycles. The van der Waals surface area contributed by atoms with E-state index in [1.54, 1.807) is 6.92 Å². The number of hydrogen-bond acceptors (Lipinski definition) is 4. The van der Waals surface area contributed by atoms with Gasteiger partial charge in [0.05, 0.1) is 5.92 Å². The Morgan fingerprint density at radius 2 is 2.17 bits per heavy atom. The molecule has 6 heteroatoms. The highest BCUT2D eigenvalue weighted by molar-refractivity contribution is 5.93. The van der Waals surface area contributed by atoms with E-state index >= 15 is 0 Å². The number of oxazole rings is 1. The molecule has 1 atom stereocenters. The second kappa shape index (κ2) is 6.18. The molecule has 0 spiro atoms. The first kappa shape index (κ1) is 14.2. The van der Waals surface area contributed by atoms with E-state index < -0.39 is 17.8 Å². The third kappa shape index (κ3) is 3.87. The van der Waals surface area contributed by atoms with Gasteiger partial charge in [0.2, 0.25) is 0 Å². The minimum absolute atomic E-state index is 0.0959. The maximum Gasteiger partial charge on any atom is 0.308 e. The Labute approximate surface area is 105 Å². The lowest BCUT2D eigenvalue weighted by Gasteiger charge is -2.14. The highest BCUT2D eigenvalue weighted by Gasteiger charge is 2.21. The topological polar surface area (TPSA) is 92.4 Å². The smallest absolute Gasteiger partial charge is 0.308 e. The Morgan fingerprint density at radius 3 is 2.61 bits per heavy atom. The molecule has 0 aromatic carbocycles. The molecule has 0 unspecified atom stereocenters. The fraction of sp³-hybridized carbons (Fsp3) is 0.583. The van der Waals surface area contributed by atoms with Crippen molar-refractivity contribution in [2.24, 2.45) is 11.8 Å². The van der Waals surface area contributed by atoms with Crippen molar-refractivity contribution < 1.29 is 19.1 Å². The second-order valence-corrected chi connectivity index (χ2v) is 4.63. The van der Waals surface area contributed by atoms with Crippen LogP contribution in [0, 0.1) is 18.8 Å². The fourth-order valence-corrected chi connectivity index (χ4v) is 1.66. The Kier molecular flexibility index (Phi) is 4.88. The molecule has 100 valence electrons. The molecule has 0 fully saturated rings. The summed E-state index contributed by atoms with van der Waals surface area (Å²) in [5.41, 5.74) is 0.198. The molecular formula is C12H18N2O4. The van der Waals surface area contributed by atoms with Gasteiger partial charge in [0, 0.05) is 6.54 Å². The molecule has 0 saturated heterocycles. The van der Waals surface area contributed by atoms with Crippen LogP contribution in [0.5, 0.6) is 0 Å². The number of rotatable bonds is 6. The number of aliphatic carboxylic acids is 1. The van der Waals surface area contributed by atoms with E-state index in [1.165, 1.54) is 6.39 Å². The molecule has 1 amide bonds. The number of hydrogen-bond donors (Lipinski definition) is 2. The number of nitrogens with one attached hydrogen (secondary N) is 1. The molecule has 0 saturated carbocycles. The van der Waals surface area contributed by atoms with Crippen molar-refractivity contribution in [1.82, 2.24) is 10.3 Å². The van der Waals surface area contributed by atoms with Gasteiger partial charge in [0.15, 0.2) is 12.1 Å². The van der Waals surface area contributed by atoms with Gasteiger partial charge in [0.1, 0.15) is 5.76 Å². The average molecular weight is 254 g/mol. The SMILES string of the molecule is Cc1ocnc1C(=O)NC[C@@H](CC(C)C)C(=O)O. The maximum atomic E-state index is 11.7. The van der Waals surface area contributed by atoms with Crippen LogP contribution < -0.4 is 5.32 Å². The van der Waals surface area contributed by atoms with Crippen LogP contribution in [0.15, 0.2) is 10.8 Å². The van der Waals surface area contributed by atoms with Crippen molar-refractivity contribution in [3.63, 3.8) is 0 Å². The molecule has 0 bridgehead atoms. The zero-order valence-corrected chi connectivity index (χ0v) is 10.8. The first-order valence-corrected chi connectivity index (χ1v) is 5.83. The highest BCUT2D eigenvalue weighted by atomic mass is 16.4. The van der Waals surface area contributed by atoms with Gasteiger partial charge in [-0.15, -0.1) is 0 Å². The summed E-state index contributed by atoms with van der Waals surface area (Å²) in [5.74, 6) is -1.21. The first-order chi connectivity index (χ1) is 8.41. The predicted molar refractivity (Wildman–Crippen MR) is 64.2 cm³/mol. The number of aromatic nitrogens is 1. The van der Waals surface area contributed by atoms with Crippen molar-refractivity contribution >= 4 is 11.9 Å². The predicted octanol–water partition coefficient (Wildman–Crippen LogP) is 1.46. The van der Waals surface area contributed by atoms with Gasteiger partial charge in [0.25, 0.3) is 5.91 Å². The summed E-state index contributed by atoms with van der Waals surface area (Å²) >= 11 is 0. The molecule has 1 rings (SSSR count). The summed E-state index contributed by atoms with van der Waals surface area (Å²) in [6.45, 7) is 5.61. The zero-order chi connectivity index (χ0) is 13.7. The van der Waals surface area contributed by atoms with E-state index in [4.69, 9.17) is 9.52 Å². The average Bonchev–Trinajstić information content (AvgIpc) is 2.69. The van der Waals surface area contributed by atoms with Gasteiger partial charge in [-0.1, -0.05) is 13.8 Å². The lowest BCUT2D eigenvalue weighted by Crippen LogP contribution is -2.34. The number of carbonyl (C=O) groups is 2. The molecule has 1 heterocycles. The van der Waals surface area contributed by atoms with Crippen molar-refractivity contribution in [1.29, 1.82) is 0 Å². The maximum absolute atomic E-state index is 11.7.